The Morgan fingerprint density at radius 2 is 2.37 bits per heavy atom. The summed E-state index contributed by atoms with van der Waals surface area (Å²) in [6.07, 6.45) is 1.39. The maximum atomic E-state index is 13.7. The molecule has 0 bridgehead atoms. The molecule has 0 saturated carbocycles. The van der Waals surface area contributed by atoms with Gasteiger partial charge in [-0.1, -0.05) is 11.6 Å². The molecule has 0 aliphatic rings. The molecule has 1 heterocycles. The topological polar surface area (TPSA) is 72.5 Å². The molecule has 1 aromatic carbocycles. The molecule has 0 spiro atoms. The monoisotopic (exact) mass is 300 g/mol. The predicted molar refractivity (Wildman–Crippen MR) is 75.7 cm³/mol. The zero-order chi connectivity index (χ0) is 13.8. The largest absolute Gasteiger partial charge is 0.494 e. The third-order valence-corrected chi connectivity index (χ3v) is 3.33. The highest BCUT2D eigenvalue weighted by atomic mass is 35.5. The van der Waals surface area contributed by atoms with E-state index in [1.165, 1.54) is 30.7 Å². The molecule has 3 N–H and O–H groups in total. The molecular weight excluding hydrogens is 291 g/mol. The first-order valence-electron chi connectivity index (χ1n) is 5.14. The van der Waals surface area contributed by atoms with E-state index in [1.54, 1.807) is 11.4 Å². The smallest absolute Gasteiger partial charge is 0.205 e. The number of nitrogens with zero attached hydrogens (tertiary/aromatic N) is 2. The maximum absolute atomic E-state index is 13.7. The van der Waals surface area contributed by atoms with Crippen molar-refractivity contribution in [1.29, 1.82) is 0 Å². The number of hydrogen-bond donors (Lipinski definition) is 2. The van der Waals surface area contributed by atoms with Crippen LogP contribution in [0, 0.1) is 5.82 Å². The lowest BCUT2D eigenvalue weighted by molar-refractivity contribution is 0.386. The van der Waals surface area contributed by atoms with Crippen molar-refractivity contribution in [3.8, 4) is 5.75 Å². The molecule has 0 saturated heterocycles. The summed E-state index contributed by atoms with van der Waals surface area (Å²) in [7, 11) is 1.37. The number of hydrazone groups is 1. The third kappa shape index (κ3) is 3.12. The Hall–Kier alpha value is -1.86. The summed E-state index contributed by atoms with van der Waals surface area (Å²) < 4.78 is 18.5. The molecule has 0 aliphatic carbocycles. The van der Waals surface area contributed by atoms with Gasteiger partial charge >= 0.3 is 0 Å². The summed E-state index contributed by atoms with van der Waals surface area (Å²) in [6.45, 7) is 0. The molecule has 0 amide bonds. The Labute approximate surface area is 117 Å². The van der Waals surface area contributed by atoms with Gasteiger partial charge in [0.25, 0.3) is 0 Å². The fraction of sp³-hybridized carbons (Fsp3) is 0.0909. The van der Waals surface area contributed by atoms with Crippen LogP contribution in [0.4, 0.5) is 15.3 Å². The van der Waals surface area contributed by atoms with E-state index >= 15 is 0 Å². The average Bonchev–Trinajstić information content (AvgIpc) is 2.81. The minimum Gasteiger partial charge on any atom is -0.494 e. The lowest BCUT2D eigenvalue weighted by Gasteiger charge is -2.05. The summed E-state index contributed by atoms with van der Waals surface area (Å²) in [4.78, 5) is 3.95. The van der Waals surface area contributed by atoms with Gasteiger partial charge in [-0.2, -0.15) is 5.10 Å². The summed E-state index contributed by atoms with van der Waals surface area (Å²) in [5.74, 6) is -0.120. The van der Waals surface area contributed by atoms with E-state index in [0.717, 1.165) is 0 Å². The van der Waals surface area contributed by atoms with Crippen molar-refractivity contribution in [1.82, 2.24) is 4.98 Å². The highest BCUT2D eigenvalue weighted by Gasteiger charge is 2.10. The Balaban J connectivity index is 2.13. The van der Waals surface area contributed by atoms with Crippen molar-refractivity contribution in [3.63, 3.8) is 0 Å². The van der Waals surface area contributed by atoms with Crippen molar-refractivity contribution in [2.24, 2.45) is 5.10 Å². The molecule has 19 heavy (non-hydrogen) atoms. The normalized spacial score (nSPS) is 10.9. The second kappa shape index (κ2) is 5.85. The van der Waals surface area contributed by atoms with Crippen LogP contribution in [0.2, 0.25) is 5.02 Å². The SMILES string of the molecule is COc1ccc(C=NNc2nc(N)cs2)c(Cl)c1F. The Bertz CT molecular complexity index is 617. The average molecular weight is 301 g/mol. The standard InChI is InChI=1S/C11H10ClFN4OS/c1-18-7-3-2-6(9(12)10(7)13)4-15-17-11-16-8(14)5-19-11/h2-5H,14H2,1H3,(H,16,17). The van der Waals surface area contributed by atoms with Crippen molar-refractivity contribution >= 4 is 40.1 Å². The molecule has 0 aliphatic heterocycles. The first-order chi connectivity index (χ1) is 9.11. The van der Waals surface area contributed by atoms with Gasteiger partial charge in [0.05, 0.1) is 18.3 Å². The number of nitrogens with two attached hydrogens (primary N) is 1. The Morgan fingerprint density at radius 1 is 1.58 bits per heavy atom. The van der Waals surface area contributed by atoms with Crippen molar-refractivity contribution in [3.05, 3.63) is 33.9 Å². The fourth-order valence-corrected chi connectivity index (χ4v) is 2.05. The summed E-state index contributed by atoms with van der Waals surface area (Å²) in [6, 6.07) is 3.08. The maximum Gasteiger partial charge on any atom is 0.205 e. The molecule has 0 unspecified atom stereocenters. The number of halogens is 2. The number of methoxy groups -OCH3 is 1. The number of benzene rings is 1. The van der Waals surface area contributed by atoms with Gasteiger partial charge in [-0.25, -0.2) is 9.37 Å². The number of rotatable bonds is 4. The molecular formula is C11H10ClFN4OS. The highest BCUT2D eigenvalue weighted by Crippen LogP contribution is 2.27. The zero-order valence-corrected chi connectivity index (χ0v) is 11.4. The van der Waals surface area contributed by atoms with Gasteiger partial charge in [-0.3, -0.25) is 5.43 Å². The molecule has 0 radical (unpaired) electrons. The van der Waals surface area contributed by atoms with E-state index in [4.69, 9.17) is 22.1 Å². The first kappa shape index (κ1) is 13.6. The molecule has 0 fully saturated rings. The van der Waals surface area contributed by atoms with E-state index in [9.17, 15) is 4.39 Å². The zero-order valence-electron chi connectivity index (χ0n) is 9.85. The number of aromatic nitrogens is 1. The molecule has 8 heteroatoms. The first-order valence-corrected chi connectivity index (χ1v) is 6.39. The number of nitrogen functional groups attached to an aromatic ring is 1. The second-order valence-corrected chi connectivity index (χ2v) is 4.67. The van der Waals surface area contributed by atoms with Crippen LogP contribution in [-0.4, -0.2) is 18.3 Å². The summed E-state index contributed by atoms with van der Waals surface area (Å²) in [5.41, 5.74) is 8.56. The van der Waals surface area contributed by atoms with Crippen LogP contribution in [0.15, 0.2) is 22.6 Å². The minimum absolute atomic E-state index is 0.0523. The fourth-order valence-electron chi connectivity index (χ4n) is 1.30. The number of nitrogens with one attached hydrogen (secondary N) is 1. The van der Waals surface area contributed by atoms with E-state index in [0.29, 0.717) is 16.5 Å². The van der Waals surface area contributed by atoms with Crippen LogP contribution in [0.1, 0.15) is 5.56 Å². The number of ether oxygens (including phenoxy) is 1. The summed E-state index contributed by atoms with van der Waals surface area (Å²) >= 11 is 7.17. The summed E-state index contributed by atoms with van der Waals surface area (Å²) in [5, 5.41) is 6.07. The van der Waals surface area contributed by atoms with Gasteiger partial charge < -0.3 is 10.5 Å². The number of thiazole rings is 1. The second-order valence-electron chi connectivity index (χ2n) is 3.43. The molecule has 5 nitrogen and oxygen atoms in total. The van der Waals surface area contributed by atoms with E-state index < -0.39 is 5.82 Å². The molecule has 2 aromatic rings. The van der Waals surface area contributed by atoms with Gasteiger partial charge in [0.1, 0.15) is 5.82 Å². The predicted octanol–water partition coefficient (Wildman–Crippen LogP) is 2.97. The van der Waals surface area contributed by atoms with Crippen LogP contribution in [0.3, 0.4) is 0 Å². The third-order valence-electron chi connectivity index (χ3n) is 2.18. The van der Waals surface area contributed by atoms with Crippen molar-refractivity contribution < 1.29 is 9.13 Å². The number of hydrogen-bond acceptors (Lipinski definition) is 6. The van der Waals surface area contributed by atoms with E-state index in [1.807, 2.05) is 0 Å². The lowest BCUT2D eigenvalue weighted by atomic mass is 10.2. The lowest BCUT2D eigenvalue weighted by Crippen LogP contribution is -1.95. The van der Waals surface area contributed by atoms with Crippen LogP contribution < -0.4 is 15.9 Å². The van der Waals surface area contributed by atoms with Crippen LogP contribution in [0.25, 0.3) is 0 Å². The Kier molecular flexibility index (Phi) is 4.18. The van der Waals surface area contributed by atoms with Gasteiger partial charge in [0.15, 0.2) is 11.6 Å². The van der Waals surface area contributed by atoms with Gasteiger partial charge in [0.2, 0.25) is 5.13 Å². The minimum atomic E-state index is -0.619. The molecule has 100 valence electrons. The molecule has 1 aromatic heterocycles. The van der Waals surface area contributed by atoms with E-state index in [2.05, 4.69) is 15.5 Å². The highest BCUT2D eigenvalue weighted by molar-refractivity contribution is 7.14. The van der Waals surface area contributed by atoms with Gasteiger partial charge in [-0.15, -0.1) is 11.3 Å². The molecule has 0 atom stereocenters. The van der Waals surface area contributed by atoms with Crippen LogP contribution in [0.5, 0.6) is 5.75 Å². The van der Waals surface area contributed by atoms with Crippen molar-refractivity contribution in [2.45, 2.75) is 0 Å². The van der Waals surface area contributed by atoms with Crippen molar-refractivity contribution in [2.75, 3.05) is 18.3 Å². The van der Waals surface area contributed by atoms with Gasteiger partial charge in [0, 0.05) is 10.9 Å². The molecule has 2 rings (SSSR count). The van der Waals surface area contributed by atoms with E-state index in [-0.39, 0.29) is 10.8 Å². The quantitative estimate of drug-likeness (QED) is 0.672. The van der Waals surface area contributed by atoms with Crippen LogP contribution >= 0.6 is 22.9 Å². The van der Waals surface area contributed by atoms with Crippen LogP contribution in [-0.2, 0) is 0 Å². The number of anilines is 2. The van der Waals surface area contributed by atoms with Gasteiger partial charge in [-0.05, 0) is 12.1 Å². The Morgan fingerprint density at radius 3 is 3.00 bits per heavy atom.